The third-order valence-electron chi connectivity index (χ3n) is 3.15. The van der Waals surface area contributed by atoms with Crippen molar-refractivity contribution < 1.29 is 0 Å². The highest BCUT2D eigenvalue weighted by atomic mass is 35.5. The molecular formula is C14H23ClN4O. The molecule has 1 aromatic rings. The van der Waals surface area contributed by atoms with Crippen molar-refractivity contribution in [2.75, 3.05) is 31.5 Å². The van der Waals surface area contributed by atoms with Crippen LogP contribution in [0.15, 0.2) is 23.6 Å². The van der Waals surface area contributed by atoms with Crippen molar-refractivity contribution in [2.45, 2.75) is 26.8 Å². The van der Waals surface area contributed by atoms with Crippen LogP contribution in [0.2, 0.25) is 5.02 Å². The number of allylic oxidation sites excluding steroid dienone is 1. The van der Waals surface area contributed by atoms with Crippen LogP contribution in [0.5, 0.6) is 0 Å². The molecule has 0 unspecified atom stereocenters. The molecule has 20 heavy (non-hydrogen) atoms. The van der Waals surface area contributed by atoms with Crippen LogP contribution in [-0.2, 0) is 6.54 Å². The highest BCUT2D eigenvalue weighted by Gasteiger charge is 2.08. The van der Waals surface area contributed by atoms with Crippen LogP contribution in [0.1, 0.15) is 20.3 Å². The molecule has 1 N–H and O–H groups in total. The number of hydrogen-bond acceptors (Lipinski definition) is 4. The Kier molecular flexibility index (Phi) is 7.33. The van der Waals surface area contributed by atoms with Crippen molar-refractivity contribution in [3.63, 3.8) is 0 Å². The van der Waals surface area contributed by atoms with E-state index in [-0.39, 0.29) is 10.6 Å². The zero-order valence-corrected chi connectivity index (χ0v) is 13.0. The molecular weight excluding hydrogens is 276 g/mol. The topological polar surface area (TPSA) is 50.2 Å². The van der Waals surface area contributed by atoms with E-state index in [4.69, 9.17) is 11.6 Å². The molecule has 112 valence electrons. The number of nitrogens with one attached hydrogen (secondary N) is 1. The average molecular weight is 299 g/mol. The summed E-state index contributed by atoms with van der Waals surface area (Å²) >= 11 is 6.05. The molecule has 0 spiro atoms. The fourth-order valence-corrected chi connectivity index (χ4v) is 2.12. The summed E-state index contributed by atoms with van der Waals surface area (Å²) < 4.78 is 1.29. The summed E-state index contributed by atoms with van der Waals surface area (Å²) in [6.45, 7) is 12.1. The third-order valence-corrected chi connectivity index (χ3v) is 3.51. The minimum Gasteiger partial charge on any atom is -0.382 e. The fraction of sp³-hybridized carbons (Fsp3) is 0.571. The van der Waals surface area contributed by atoms with Gasteiger partial charge >= 0.3 is 0 Å². The van der Waals surface area contributed by atoms with Crippen LogP contribution in [-0.4, -0.2) is 40.9 Å². The minimum atomic E-state index is -0.291. The van der Waals surface area contributed by atoms with Crippen molar-refractivity contribution in [3.8, 4) is 0 Å². The minimum absolute atomic E-state index is 0.185. The lowest BCUT2D eigenvalue weighted by atomic mass is 10.3. The van der Waals surface area contributed by atoms with Crippen molar-refractivity contribution in [1.82, 2.24) is 14.7 Å². The summed E-state index contributed by atoms with van der Waals surface area (Å²) in [7, 11) is 0. The lowest BCUT2D eigenvalue weighted by Crippen LogP contribution is -2.26. The number of aromatic nitrogens is 2. The smallest absolute Gasteiger partial charge is 0.287 e. The first-order chi connectivity index (χ1) is 9.63. The first kappa shape index (κ1) is 16.7. The van der Waals surface area contributed by atoms with Crippen LogP contribution >= 0.6 is 11.6 Å². The van der Waals surface area contributed by atoms with Gasteiger partial charge in [-0.1, -0.05) is 31.5 Å². The van der Waals surface area contributed by atoms with E-state index in [1.54, 1.807) is 12.3 Å². The highest BCUT2D eigenvalue weighted by Crippen LogP contribution is 2.14. The first-order valence-electron chi connectivity index (χ1n) is 6.96. The van der Waals surface area contributed by atoms with E-state index in [2.05, 4.69) is 35.7 Å². The predicted molar refractivity (Wildman–Crippen MR) is 84.6 cm³/mol. The molecule has 0 bridgehead atoms. The largest absolute Gasteiger partial charge is 0.382 e. The van der Waals surface area contributed by atoms with E-state index in [1.165, 1.54) is 4.68 Å². The molecule has 0 radical (unpaired) electrons. The van der Waals surface area contributed by atoms with Crippen LogP contribution in [0.25, 0.3) is 0 Å². The van der Waals surface area contributed by atoms with E-state index >= 15 is 0 Å². The van der Waals surface area contributed by atoms with Crippen LogP contribution in [0, 0.1) is 0 Å². The third kappa shape index (κ3) is 4.65. The lowest BCUT2D eigenvalue weighted by Gasteiger charge is -2.18. The van der Waals surface area contributed by atoms with Crippen molar-refractivity contribution in [2.24, 2.45) is 0 Å². The Bertz CT molecular complexity index is 483. The van der Waals surface area contributed by atoms with Gasteiger partial charge in [-0.25, -0.2) is 4.68 Å². The summed E-state index contributed by atoms with van der Waals surface area (Å²) in [6, 6.07) is 0. The van der Waals surface area contributed by atoms with Gasteiger partial charge in [-0.15, -0.1) is 6.58 Å². The van der Waals surface area contributed by atoms with E-state index in [0.29, 0.717) is 12.2 Å². The summed E-state index contributed by atoms with van der Waals surface area (Å²) in [4.78, 5) is 14.2. The number of anilines is 1. The Morgan fingerprint density at radius 3 is 2.80 bits per heavy atom. The number of halogens is 1. The zero-order valence-electron chi connectivity index (χ0n) is 12.2. The highest BCUT2D eigenvalue weighted by molar-refractivity contribution is 6.32. The van der Waals surface area contributed by atoms with Gasteiger partial charge in [0.15, 0.2) is 0 Å². The van der Waals surface area contributed by atoms with Gasteiger partial charge in [-0.3, -0.25) is 4.79 Å². The molecule has 1 heterocycles. The van der Waals surface area contributed by atoms with Gasteiger partial charge in [0.05, 0.1) is 18.4 Å². The van der Waals surface area contributed by atoms with Gasteiger partial charge in [-0.2, -0.15) is 5.10 Å². The van der Waals surface area contributed by atoms with Gasteiger partial charge in [0.1, 0.15) is 5.02 Å². The van der Waals surface area contributed by atoms with Crippen LogP contribution in [0.3, 0.4) is 0 Å². The standard InChI is InChI=1S/C14H23ClN4O/c1-4-9-19-14(20)13(15)12(11-17-19)16-8-7-10-18(5-2)6-3/h4,11,16H,1,5-10H2,2-3H3. The maximum absolute atomic E-state index is 11.9. The summed E-state index contributed by atoms with van der Waals surface area (Å²) in [5, 5.41) is 7.40. The Hall–Kier alpha value is -1.33. The van der Waals surface area contributed by atoms with Gasteiger partial charge in [0.25, 0.3) is 5.56 Å². The van der Waals surface area contributed by atoms with Crippen LogP contribution in [0.4, 0.5) is 5.69 Å². The van der Waals surface area contributed by atoms with Gasteiger partial charge in [-0.05, 0) is 26.1 Å². The Morgan fingerprint density at radius 1 is 1.50 bits per heavy atom. The predicted octanol–water partition coefficient (Wildman–Crippen LogP) is 2.23. The number of hydrogen-bond donors (Lipinski definition) is 1. The maximum atomic E-state index is 11.9. The lowest BCUT2D eigenvalue weighted by molar-refractivity contribution is 0.303. The molecule has 1 rings (SSSR count). The Balaban J connectivity index is 2.55. The van der Waals surface area contributed by atoms with Crippen molar-refractivity contribution in [1.29, 1.82) is 0 Å². The second kappa shape index (κ2) is 8.76. The molecule has 6 heteroatoms. The Labute approximate surface area is 125 Å². The van der Waals surface area contributed by atoms with Crippen LogP contribution < -0.4 is 10.9 Å². The molecule has 0 aliphatic carbocycles. The second-order valence-corrected chi connectivity index (χ2v) is 4.83. The number of nitrogens with zero attached hydrogens (tertiary/aromatic N) is 3. The Morgan fingerprint density at radius 2 is 2.20 bits per heavy atom. The summed E-state index contributed by atoms with van der Waals surface area (Å²) in [5.74, 6) is 0. The monoisotopic (exact) mass is 298 g/mol. The molecule has 0 aromatic carbocycles. The molecule has 0 aliphatic heterocycles. The molecule has 0 fully saturated rings. The van der Waals surface area contributed by atoms with E-state index in [9.17, 15) is 4.79 Å². The molecule has 0 saturated heterocycles. The quantitative estimate of drug-likeness (QED) is 0.561. The maximum Gasteiger partial charge on any atom is 0.287 e. The van der Waals surface area contributed by atoms with Gasteiger partial charge < -0.3 is 10.2 Å². The number of rotatable bonds is 9. The zero-order chi connectivity index (χ0) is 15.0. The normalized spacial score (nSPS) is 10.8. The summed E-state index contributed by atoms with van der Waals surface area (Å²) in [6.07, 6.45) is 4.19. The van der Waals surface area contributed by atoms with Gasteiger partial charge in [0.2, 0.25) is 0 Å². The molecule has 1 aromatic heterocycles. The van der Waals surface area contributed by atoms with Crippen molar-refractivity contribution >= 4 is 17.3 Å². The molecule has 0 aliphatic rings. The van der Waals surface area contributed by atoms with E-state index in [1.807, 2.05) is 0 Å². The first-order valence-corrected chi connectivity index (χ1v) is 7.34. The van der Waals surface area contributed by atoms with Gasteiger partial charge in [0, 0.05) is 6.54 Å². The summed E-state index contributed by atoms with van der Waals surface area (Å²) in [5.41, 5.74) is 0.303. The van der Waals surface area contributed by atoms with E-state index < -0.39 is 0 Å². The fourth-order valence-electron chi connectivity index (χ4n) is 1.91. The average Bonchev–Trinajstić information content (AvgIpc) is 2.46. The van der Waals surface area contributed by atoms with E-state index in [0.717, 1.165) is 32.6 Å². The molecule has 5 nitrogen and oxygen atoms in total. The molecule has 0 amide bonds. The second-order valence-electron chi connectivity index (χ2n) is 4.46. The van der Waals surface area contributed by atoms with Crippen molar-refractivity contribution in [3.05, 3.63) is 34.2 Å². The SMILES string of the molecule is C=CCn1ncc(NCCCN(CC)CC)c(Cl)c1=O. The molecule has 0 atom stereocenters. The molecule has 0 saturated carbocycles.